The number of benzene rings is 2. The van der Waals surface area contributed by atoms with Crippen molar-refractivity contribution in [2.45, 2.75) is 12.7 Å². The summed E-state index contributed by atoms with van der Waals surface area (Å²) in [6, 6.07) is 11.0. The summed E-state index contributed by atoms with van der Waals surface area (Å²) in [6.45, 7) is -0.224. The number of nitrogens with one attached hydrogen (secondary N) is 1. The summed E-state index contributed by atoms with van der Waals surface area (Å²) in [5.41, 5.74) is -0.429. The van der Waals surface area contributed by atoms with Gasteiger partial charge in [-0.15, -0.1) is 11.3 Å². The van der Waals surface area contributed by atoms with Gasteiger partial charge in [-0.05, 0) is 47.3 Å². The maximum absolute atomic E-state index is 13.6. The number of hydrogen-bond donors (Lipinski definition) is 1. The fraction of sp³-hybridized carbons (Fsp3) is 0.0952. The van der Waals surface area contributed by atoms with Crippen LogP contribution in [0.15, 0.2) is 71.1 Å². The summed E-state index contributed by atoms with van der Waals surface area (Å²) < 4.78 is 79.9. The van der Waals surface area contributed by atoms with Gasteiger partial charge in [-0.3, -0.25) is 9.10 Å². The first kappa shape index (κ1) is 22.0. The molecule has 5 nitrogen and oxygen atoms in total. The molecule has 0 unspecified atom stereocenters. The number of ketones is 1. The van der Waals surface area contributed by atoms with Gasteiger partial charge in [-0.1, -0.05) is 18.2 Å². The highest BCUT2D eigenvalue weighted by Crippen LogP contribution is 2.39. The fourth-order valence-electron chi connectivity index (χ4n) is 3.19. The highest BCUT2D eigenvalue weighted by molar-refractivity contribution is 7.97. The number of carbonyl (C=O) groups is 1. The second-order valence-electron chi connectivity index (χ2n) is 6.84. The van der Waals surface area contributed by atoms with Gasteiger partial charge in [-0.2, -0.15) is 13.2 Å². The quantitative estimate of drug-likeness (QED) is 0.400. The van der Waals surface area contributed by atoms with Crippen LogP contribution in [0.4, 0.5) is 28.9 Å². The standard InChI is InChI=1S/C21H14F4N2O3S2/c22-15-5-1-3-13(9-15)12-27-17-7-8-31-20(17)19(28)18(32(27,29)30)11-26-16-6-2-4-14(10-16)21(23,24)25/h1-11,26H,12H2/b18-11-. The maximum atomic E-state index is 13.6. The molecule has 32 heavy (non-hydrogen) atoms. The molecule has 0 saturated heterocycles. The Balaban J connectivity index is 1.72. The molecule has 1 N–H and O–H groups in total. The van der Waals surface area contributed by atoms with E-state index >= 15 is 0 Å². The molecule has 0 amide bonds. The lowest BCUT2D eigenvalue weighted by molar-refractivity contribution is -0.137. The summed E-state index contributed by atoms with van der Waals surface area (Å²) in [4.78, 5) is 12.4. The average molecular weight is 482 g/mol. The van der Waals surface area contributed by atoms with Crippen molar-refractivity contribution < 1.29 is 30.8 Å². The molecule has 0 bridgehead atoms. The van der Waals surface area contributed by atoms with Crippen LogP contribution in [0.1, 0.15) is 20.8 Å². The predicted molar refractivity (Wildman–Crippen MR) is 113 cm³/mol. The summed E-state index contributed by atoms with van der Waals surface area (Å²) in [5, 5.41) is 4.04. The van der Waals surface area contributed by atoms with Crippen LogP contribution in [-0.2, 0) is 22.7 Å². The van der Waals surface area contributed by atoms with Crippen LogP contribution in [0.25, 0.3) is 0 Å². The monoisotopic (exact) mass is 482 g/mol. The summed E-state index contributed by atoms with van der Waals surface area (Å²) in [6.07, 6.45) is -3.69. The number of alkyl halides is 3. The number of Topliss-reactive ketones (excluding diaryl/α,β-unsaturated/α-hetero) is 1. The van der Waals surface area contributed by atoms with Crippen LogP contribution >= 0.6 is 11.3 Å². The van der Waals surface area contributed by atoms with Gasteiger partial charge in [0.05, 0.1) is 17.8 Å². The lowest BCUT2D eigenvalue weighted by Crippen LogP contribution is -2.38. The van der Waals surface area contributed by atoms with Crippen molar-refractivity contribution in [1.29, 1.82) is 0 Å². The van der Waals surface area contributed by atoms with Crippen molar-refractivity contribution in [2.75, 3.05) is 9.62 Å². The number of halogens is 4. The summed E-state index contributed by atoms with van der Waals surface area (Å²) in [5.74, 6) is -1.31. The number of fused-ring (bicyclic) bond motifs is 1. The summed E-state index contributed by atoms with van der Waals surface area (Å²) >= 11 is 1.04. The van der Waals surface area contributed by atoms with Gasteiger partial charge < -0.3 is 5.32 Å². The molecular weight excluding hydrogens is 468 g/mol. The highest BCUT2D eigenvalue weighted by atomic mass is 32.2. The number of allylic oxidation sites excluding steroid dienone is 1. The van der Waals surface area contributed by atoms with Gasteiger partial charge in [0, 0.05) is 11.9 Å². The Bertz CT molecular complexity index is 1330. The van der Waals surface area contributed by atoms with E-state index in [1.165, 1.54) is 30.3 Å². The van der Waals surface area contributed by atoms with Crippen molar-refractivity contribution in [3.8, 4) is 0 Å². The first-order valence-corrected chi connectivity index (χ1v) is 11.4. The summed E-state index contributed by atoms with van der Waals surface area (Å²) in [7, 11) is -4.37. The largest absolute Gasteiger partial charge is 0.416 e. The maximum Gasteiger partial charge on any atom is 0.416 e. The van der Waals surface area contributed by atoms with E-state index in [0.717, 1.165) is 40.0 Å². The minimum absolute atomic E-state index is 0.0380. The third-order valence-corrected chi connectivity index (χ3v) is 7.35. The molecule has 4 rings (SSSR count). The Morgan fingerprint density at radius 1 is 1.06 bits per heavy atom. The minimum atomic E-state index is -4.58. The molecule has 0 spiro atoms. The number of thiophene rings is 1. The zero-order valence-electron chi connectivity index (χ0n) is 16.1. The molecule has 2 heterocycles. The zero-order valence-corrected chi connectivity index (χ0v) is 17.7. The number of rotatable bonds is 4. The van der Waals surface area contributed by atoms with E-state index in [4.69, 9.17) is 0 Å². The molecule has 0 atom stereocenters. The molecule has 0 aliphatic carbocycles. The smallest absolute Gasteiger partial charge is 0.360 e. The van der Waals surface area contributed by atoms with Gasteiger partial charge in [-0.25, -0.2) is 12.8 Å². The topological polar surface area (TPSA) is 66.5 Å². The van der Waals surface area contributed by atoms with Crippen molar-refractivity contribution >= 4 is 38.5 Å². The molecule has 0 fully saturated rings. The lowest BCUT2D eigenvalue weighted by atomic mass is 10.2. The first-order valence-electron chi connectivity index (χ1n) is 9.11. The van der Waals surface area contributed by atoms with Crippen molar-refractivity contribution in [1.82, 2.24) is 0 Å². The molecular formula is C21H14F4N2O3S2. The Morgan fingerprint density at radius 2 is 1.81 bits per heavy atom. The molecule has 1 aromatic heterocycles. The molecule has 2 aromatic carbocycles. The molecule has 0 radical (unpaired) electrons. The Labute approximate surface area is 184 Å². The fourth-order valence-corrected chi connectivity index (χ4v) is 5.67. The second kappa shape index (κ2) is 8.06. The number of sulfonamides is 1. The Morgan fingerprint density at radius 3 is 2.53 bits per heavy atom. The number of hydrogen-bond acceptors (Lipinski definition) is 5. The van der Waals surface area contributed by atoms with E-state index in [1.54, 1.807) is 11.4 Å². The van der Waals surface area contributed by atoms with E-state index in [2.05, 4.69) is 5.32 Å². The van der Waals surface area contributed by atoms with Crippen LogP contribution in [0, 0.1) is 5.82 Å². The SMILES string of the molecule is O=C1/C(=C/Nc2cccc(C(F)(F)F)c2)S(=O)(=O)N(Cc2cccc(F)c2)c2ccsc21. The molecule has 11 heteroatoms. The van der Waals surface area contributed by atoms with Crippen molar-refractivity contribution in [2.24, 2.45) is 0 Å². The lowest BCUT2D eigenvalue weighted by Gasteiger charge is -2.29. The molecule has 3 aromatic rings. The molecule has 1 aliphatic heterocycles. The average Bonchev–Trinajstić information content (AvgIpc) is 3.20. The van der Waals surface area contributed by atoms with Gasteiger partial charge in [0.2, 0.25) is 5.78 Å². The van der Waals surface area contributed by atoms with E-state index in [1.807, 2.05) is 0 Å². The second-order valence-corrected chi connectivity index (χ2v) is 9.58. The molecule has 1 aliphatic rings. The van der Waals surface area contributed by atoms with Gasteiger partial charge in [0.15, 0.2) is 4.91 Å². The van der Waals surface area contributed by atoms with E-state index in [0.29, 0.717) is 5.56 Å². The van der Waals surface area contributed by atoms with E-state index in [9.17, 15) is 30.8 Å². The number of anilines is 2. The minimum Gasteiger partial charge on any atom is -0.360 e. The Kier molecular flexibility index (Phi) is 5.55. The zero-order chi connectivity index (χ0) is 23.1. The van der Waals surface area contributed by atoms with Gasteiger partial charge in [0.1, 0.15) is 10.7 Å². The van der Waals surface area contributed by atoms with Gasteiger partial charge in [0.25, 0.3) is 10.0 Å². The first-order chi connectivity index (χ1) is 15.1. The van der Waals surface area contributed by atoms with Crippen LogP contribution in [0.5, 0.6) is 0 Å². The molecule has 166 valence electrons. The van der Waals surface area contributed by atoms with Crippen LogP contribution in [0.2, 0.25) is 0 Å². The normalized spacial score (nSPS) is 16.8. The third-order valence-electron chi connectivity index (χ3n) is 4.69. The van der Waals surface area contributed by atoms with E-state index < -0.39 is 38.3 Å². The predicted octanol–water partition coefficient (Wildman–Crippen LogP) is 5.39. The third kappa shape index (κ3) is 4.13. The van der Waals surface area contributed by atoms with Crippen molar-refractivity contribution in [3.05, 3.63) is 92.9 Å². The van der Waals surface area contributed by atoms with Crippen LogP contribution < -0.4 is 9.62 Å². The highest BCUT2D eigenvalue weighted by Gasteiger charge is 2.41. The number of nitrogens with zero attached hydrogens (tertiary/aromatic N) is 1. The van der Waals surface area contributed by atoms with E-state index in [-0.39, 0.29) is 22.8 Å². The Hall–Kier alpha value is -3.18. The van der Waals surface area contributed by atoms with Gasteiger partial charge >= 0.3 is 6.18 Å². The molecule has 0 saturated carbocycles. The number of carbonyl (C=O) groups excluding carboxylic acids is 1. The van der Waals surface area contributed by atoms with Crippen LogP contribution in [-0.4, -0.2) is 14.2 Å². The van der Waals surface area contributed by atoms with Crippen molar-refractivity contribution in [3.63, 3.8) is 0 Å². The van der Waals surface area contributed by atoms with Crippen LogP contribution in [0.3, 0.4) is 0 Å².